The summed E-state index contributed by atoms with van der Waals surface area (Å²) < 4.78 is 27.3. The first-order chi connectivity index (χ1) is 9.81. The molecule has 0 aliphatic carbocycles. The predicted molar refractivity (Wildman–Crippen MR) is 79.0 cm³/mol. The number of aromatic nitrogens is 1. The lowest BCUT2D eigenvalue weighted by Gasteiger charge is -2.14. The van der Waals surface area contributed by atoms with Crippen LogP contribution < -0.4 is 4.72 Å². The highest BCUT2D eigenvalue weighted by atomic mass is 32.2. The van der Waals surface area contributed by atoms with E-state index in [1.807, 2.05) is 0 Å². The molecule has 0 unspecified atom stereocenters. The molecule has 0 bridgehead atoms. The van der Waals surface area contributed by atoms with Gasteiger partial charge in [0, 0.05) is 23.3 Å². The average molecular weight is 326 g/mol. The van der Waals surface area contributed by atoms with Crippen molar-refractivity contribution in [1.82, 2.24) is 9.71 Å². The van der Waals surface area contributed by atoms with Crippen LogP contribution >= 0.6 is 11.3 Å². The Hall–Kier alpha value is -1.77. The Balaban J connectivity index is 2.29. The highest BCUT2D eigenvalue weighted by molar-refractivity contribution is 7.89. The van der Waals surface area contributed by atoms with E-state index in [1.54, 1.807) is 38.4 Å². The number of aryl methyl sites for hydroxylation is 1. The fraction of sp³-hybridized carbons (Fsp3) is 0.231. The van der Waals surface area contributed by atoms with Crippen LogP contribution in [0, 0.1) is 6.92 Å². The van der Waals surface area contributed by atoms with Crippen molar-refractivity contribution in [2.75, 3.05) is 0 Å². The molecule has 2 N–H and O–H groups in total. The first kappa shape index (κ1) is 15.6. The lowest BCUT2D eigenvalue weighted by molar-refractivity contribution is 0.0702. The molecule has 1 atom stereocenters. The van der Waals surface area contributed by atoms with Crippen molar-refractivity contribution < 1.29 is 18.3 Å². The number of carboxylic acid groups (broad SMARTS) is 1. The zero-order valence-electron chi connectivity index (χ0n) is 11.4. The van der Waals surface area contributed by atoms with E-state index in [4.69, 9.17) is 5.11 Å². The third-order valence-electron chi connectivity index (χ3n) is 2.91. The summed E-state index contributed by atoms with van der Waals surface area (Å²) in [7, 11) is -3.77. The maximum atomic E-state index is 12.4. The minimum Gasteiger partial charge on any atom is -0.477 e. The highest BCUT2D eigenvalue weighted by Gasteiger charge is 2.24. The van der Waals surface area contributed by atoms with E-state index in [2.05, 4.69) is 9.71 Å². The van der Waals surface area contributed by atoms with Crippen molar-refractivity contribution in [2.24, 2.45) is 0 Å². The zero-order valence-corrected chi connectivity index (χ0v) is 13.0. The molecule has 0 saturated heterocycles. The normalized spacial score (nSPS) is 13.0. The minimum absolute atomic E-state index is 0.00411. The quantitative estimate of drug-likeness (QED) is 0.878. The number of nitrogens with zero attached hydrogens (tertiary/aromatic N) is 1. The second-order valence-electron chi connectivity index (χ2n) is 4.46. The Labute approximate surface area is 126 Å². The number of aromatic carboxylic acids is 1. The van der Waals surface area contributed by atoms with Crippen LogP contribution in [0.3, 0.4) is 0 Å². The molecule has 2 aromatic rings. The largest absolute Gasteiger partial charge is 0.477 e. The molecule has 0 spiro atoms. The summed E-state index contributed by atoms with van der Waals surface area (Å²) in [6.45, 7) is 3.30. The maximum Gasteiger partial charge on any atom is 0.345 e. The van der Waals surface area contributed by atoms with Crippen LogP contribution in [-0.4, -0.2) is 24.5 Å². The standard InChI is InChI=1S/C13H14N2O4S2/c1-8(10-3-5-14-6-4-10)15-21(18,19)12-7-11(13(16)17)20-9(12)2/h3-8,15H,1-2H3,(H,16,17)/t8-/m1/s1. The van der Waals surface area contributed by atoms with Crippen molar-refractivity contribution in [3.05, 3.63) is 45.9 Å². The van der Waals surface area contributed by atoms with Crippen molar-refractivity contribution in [3.63, 3.8) is 0 Å². The molecule has 0 fully saturated rings. The molecule has 0 aliphatic heterocycles. The van der Waals surface area contributed by atoms with E-state index >= 15 is 0 Å². The Bertz CT molecular complexity index is 754. The van der Waals surface area contributed by atoms with Crippen molar-refractivity contribution in [3.8, 4) is 0 Å². The summed E-state index contributed by atoms with van der Waals surface area (Å²) in [5, 5.41) is 8.94. The molecule has 112 valence electrons. The van der Waals surface area contributed by atoms with E-state index in [9.17, 15) is 13.2 Å². The number of carbonyl (C=O) groups is 1. The summed E-state index contributed by atoms with van der Waals surface area (Å²) in [6.07, 6.45) is 3.16. The zero-order chi connectivity index (χ0) is 15.6. The number of carboxylic acids is 1. The third kappa shape index (κ3) is 3.46. The monoisotopic (exact) mass is 326 g/mol. The lowest BCUT2D eigenvalue weighted by Crippen LogP contribution is -2.27. The molecule has 0 aliphatic rings. The van der Waals surface area contributed by atoms with Crippen molar-refractivity contribution >= 4 is 27.3 Å². The van der Waals surface area contributed by atoms with E-state index in [0.717, 1.165) is 16.9 Å². The molecule has 0 aromatic carbocycles. The number of nitrogens with one attached hydrogen (secondary N) is 1. The molecule has 2 aromatic heterocycles. The van der Waals surface area contributed by atoms with Gasteiger partial charge in [0.2, 0.25) is 10.0 Å². The molecule has 2 rings (SSSR count). The molecular formula is C13H14N2O4S2. The van der Waals surface area contributed by atoms with Gasteiger partial charge in [0.15, 0.2) is 0 Å². The summed E-state index contributed by atoms with van der Waals surface area (Å²) in [6, 6.07) is 4.18. The van der Waals surface area contributed by atoms with Gasteiger partial charge in [-0.2, -0.15) is 0 Å². The summed E-state index contributed by atoms with van der Waals surface area (Å²) in [5.74, 6) is -1.13. The van der Waals surface area contributed by atoms with E-state index in [-0.39, 0.29) is 9.77 Å². The van der Waals surface area contributed by atoms with Crippen LogP contribution in [0.15, 0.2) is 35.5 Å². The number of sulfonamides is 1. The van der Waals surface area contributed by atoms with E-state index < -0.39 is 22.0 Å². The molecular weight excluding hydrogens is 312 g/mol. The second-order valence-corrected chi connectivity index (χ2v) is 7.40. The van der Waals surface area contributed by atoms with Crippen LogP contribution in [0.1, 0.15) is 33.1 Å². The van der Waals surface area contributed by atoms with Gasteiger partial charge >= 0.3 is 5.97 Å². The summed E-state index contributed by atoms with van der Waals surface area (Å²) >= 11 is 0.944. The minimum atomic E-state index is -3.77. The van der Waals surface area contributed by atoms with Crippen molar-refractivity contribution in [2.45, 2.75) is 24.8 Å². The number of thiophene rings is 1. The maximum absolute atomic E-state index is 12.4. The Morgan fingerprint density at radius 1 is 1.38 bits per heavy atom. The fourth-order valence-electron chi connectivity index (χ4n) is 1.85. The SMILES string of the molecule is Cc1sc(C(=O)O)cc1S(=O)(=O)N[C@H](C)c1ccncc1. The summed E-state index contributed by atoms with van der Waals surface area (Å²) in [4.78, 5) is 15.3. The molecule has 8 heteroatoms. The van der Waals surface area contributed by atoms with Crippen molar-refractivity contribution in [1.29, 1.82) is 0 Å². The van der Waals surface area contributed by atoms with Gasteiger partial charge in [-0.1, -0.05) is 0 Å². The van der Waals surface area contributed by atoms with Gasteiger partial charge in [-0.15, -0.1) is 11.3 Å². The first-order valence-electron chi connectivity index (χ1n) is 6.07. The van der Waals surface area contributed by atoms with Gasteiger partial charge in [0.1, 0.15) is 4.88 Å². The van der Waals surface area contributed by atoms with E-state index in [0.29, 0.717) is 4.88 Å². The fourth-order valence-corrected chi connectivity index (χ4v) is 4.52. The number of hydrogen-bond acceptors (Lipinski definition) is 5. The topological polar surface area (TPSA) is 96.4 Å². The van der Waals surface area contributed by atoms with Crippen LogP contribution in [-0.2, 0) is 10.0 Å². The highest BCUT2D eigenvalue weighted by Crippen LogP contribution is 2.27. The average Bonchev–Trinajstić information content (AvgIpc) is 2.82. The van der Waals surface area contributed by atoms with E-state index in [1.165, 1.54) is 6.07 Å². The van der Waals surface area contributed by atoms with Crippen LogP contribution in [0.2, 0.25) is 0 Å². The third-order valence-corrected chi connectivity index (χ3v) is 5.75. The summed E-state index contributed by atoms with van der Waals surface area (Å²) in [5.41, 5.74) is 0.778. The molecule has 0 saturated carbocycles. The Morgan fingerprint density at radius 2 is 2.00 bits per heavy atom. The van der Waals surface area contributed by atoms with Gasteiger partial charge in [-0.3, -0.25) is 4.98 Å². The molecule has 0 amide bonds. The number of hydrogen-bond donors (Lipinski definition) is 2. The molecule has 21 heavy (non-hydrogen) atoms. The predicted octanol–water partition coefficient (Wildman–Crippen LogP) is 2.19. The van der Waals surface area contributed by atoms with Gasteiger partial charge in [-0.05, 0) is 37.6 Å². The Morgan fingerprint density at radius 3 is 2.52 bits per heavy atom. The van der Waals surface area contributed by atoms with Crippen LogP contribution in [0.25, 0.3) is 0 Å². The number of pyridine rings is 1. The second kappa shape index (κ2) is 5.92. The van der Waals surface area contributed by atoms with Gasteiger partial charge < -0.3 is 5.11 Å². The van der Waals surface area contributed by atoms with Gasteiger partial charge in [0.25, 0.3) is 0 Å². The van der Waals surface area contributed by atoms with Crippen LogP contribution in [0.5, 0.6) is 0 Å². The van der Waals surface area contributed by atoms with Gasteiger partial charge in [-0.25, -0.2) is 17.9 Å². The van der Waals surface area contributed by atoms with Crippen LogP contribution in [0.4, 0.5) is 0 Å². The molecule has 6 nitrogen and oxygen atoms in total. The van der Waals surface area contributed by atoms with Gasteiger partial charge in [0.05, 0.1) is 4.90 Å². The number of rotatable bonds is 5. The smallest absolute Gasteiger partial charge is 0.345 e. The Kier molecular flexibility index (Phi) is 4.40. The first-order valence-corrected chi connectivity index (χ1v) is 8.37. The molecule has 2 heterocycles. The lowest BCUT2D eigenvalue weighted by atomic mass is 10.1. The molecule has 0 radical (unpaired) electrons.